The van der Waals surface area contributed by atoms with Crippen LogP contribution in [0, 0.1) is 17.0 Å². The molecule has 2 aromatic rings. The third-order valence-corrected chi connectivity index (χ3v) is 4.96. The van der Waals surface area contributed by atoms with Gasteiger partial charge in [0.25, 0.3) is 5.69 Å². The summed E-state index contributed by atoms with van der Waals surface area (Å²) in [6.45, 7) is 6.83. The van der Waals surface area contributed by atoms with E-state index in [0.717, 1.165) is 31.0 Å². The van der Waals surface area contributed by atoms with Crippen LogP contribution in [-0.2, 0) is 11.2 Å². The lowest BCUT2D eigenvalue weighted by Gasteiger charge is -2.19. The molecule has 1 saturated heterocycles. The van der Waals surface area contributed by atoms with Gasteiger partial charge >= 0.3 is 0 Å². The summed E-state index contributed by atoms with van der Waals surface area (Å²) >= 11 is 0. The Bertz CT molecular complexity index is 904. The maximum atomic E-state index is 11.2. The van der Waals surface area contributed by atoms with Crippen LogP contribution in [0.1, 0.15) is 31.5 Å². The zero-order valence-electron chi connectivity index (χ0n) is 16.9. The summed E-state index contributed by atoms with van der Waals surface area (Å²) in [5.74, 6) is 0.831. The fraction of sp³-hybridized carbons (Fsp3) is 0.450. The lowest BCUT2D eigenvalue weighted by molar-refractivity contribution is -0.385. The molecule has 1 amide bonds. The van der Waals surface area contributed by atoms with Crippen molar-refractivity contribution in [3.8, 4) is 0 Å². The van der Waals surface area contributed by atoms with Crippen molar-refractivity contribution < 1.29 is 9.72 Å². The van der Waals surface area contributed by atoms with Gasteiger partial charge in [0.1, 0.15) is 12.1 Å². The predicted octanol–water partition coefficient (Wildman–Crippen LogP) is 2.45. The number of nitro benzene ring substituents is 1. The van der Waals surface area contributed by atoms with E-state index in [0.29, 0.717) is 17.7 Å². The Kier molecular flexibility index (Phi) is 6.26. The largest absolute Gasteiger partial charge is 0.382 e. The standard InChI is InChI=1S/C20H26N6O3/c1-13-4-5-16(9-19(13)26(28)29)23-14(2)8-18-10-20(22-12-21-18)25-7-6-17(11-25)24-15(3)27/h4-5,9-10,12,14,17,23H,6-8,11H2,1-3H3,(H,24,27). The van der Waals surface area contributed by atoms with Crippen LogP contribution >= 0.6 is 0 Å². The Morgan fingerprint density at radius 2 is 2.17 bits per heavy atom. The van der Waals surface area contributed by atoms with Crippen LogP contribution in [0.25, 0.3) is 0 Å². The molecular weight excluding hydrogens is 372 g/mol. The van der Waals surface area contributed by atoms with Gasteiger partial charge in [-0.2, -0.15) is 0 Å². The number of aryl methyl sites for hydroxylation is 1. The molecule has 1 fully saturated rings. The van der Waals surface area contributed by atoms with Gasteiger partial charge in [-0.15, -0.1) is 0 Å². The number of amides is 1. The summed E-state index contributed by atoms with van der Waals surface area (Å²) in [5.41, 5.74) is 2.34. The summed E-state index contributed by atoms with van der Waals surface area (Å²) in [5, 5.41) is 17.4. The number of benzene rings is 1. The lowest BCUT2D eigenvalue weighted by Crippen LogP contribution is -2.35. The Balaban J connectivity index is 1.62. The lowest BCUT2D eigenvalue weighted by atomic mass is 10.1. The van der Waals surface area contributed by atoms with Crippen LogP contribution in [0.3, 0.4) is 0 Å². The zero-order chi connectivity index (χ0) is 21.0. The molecule has 1 aliphatic heterocycles. The second kappa shape index (κ2) is 8.85. The number of nitrogens with one attached hydrogen (secondary N) is 2. The second-order valence-electron chi connectivity index (χ2n) is 7.51. The Morgan fingerprint density at radius 3 is 2.90 bits per heavy atom. The molecule has 1 aromatic heterocycles. The summed E-state index contributed by atoms with van der Waals surface area (Å²) < 4.78 is 0. The van der Waals surface area contributed by atoms with Gasteiger partial charge in [-0.05, 0) is 26.3 Å². The number of anilines is 2. The summed E-state index contributed by atoms with van der Waals surface area (Å²) in [6, 6.07) is 7.29. The van der Waals surface area contributed by atoms with Crippen LogP contribution in [0.4, 0.5) is 17.2 Å². The van der Waals surface area contributed by atoms with E-state index >= 15 is 0 Å². The van der Waals surface area contributed by atoms with Crippen molar-refractivity contribution in [1.82, 2.24) is 15.3 Å². The molecule has 1 aliphatic rings. The molecule has 29 heavy (non-hydrogen) atoms. The molecule has 2 atom stereocenters. The normalized spacial score (nSPS) is 17.1. The Hall–Kier alpha value is -3.23. The number of carbonyl (C=O) groups is 1. The minimum atomic E-state index is -0.369. The SMILES string of the molecule is CC(=O)NC1CCN(c2cc(CC(C)Nc3ccc(C)c([N+](=O)[O-])c3)ncn2)C1. The third-order valence-electron chi connectivity index (χ3n) is 4.96. The first-order valence-electron chi connectivity index (χ1n) is 9.66. The monoisotopic (exact) mass is 398 g/mol. The topological polar surface area (TPSA) is 113 Å². The highest BCUT2D eigenvalue weighted by Crippen LogP contribution is 2.23. The molecule has 0 aliphatic carbocycles. The molecule has 0 bridgehead atoms. The first-order valence-corrected chi connectivity index (χ1v) is 9.66. The molecular formula is C20H26N6O3. The average molecular weight is 398 g/mol. The van der Waals surface area contributed by atoms with Crippen molar-refractivity contribution in [3.05, 3.63) is 52.0 Å². The van der Waals surface area contributed by atoms with Crippen molar-refractivity contribution in [2.45, 2.75) is 45.7 Å². The van der Waals surface area contributed by atoms with Crippen molar-refractivity contribution >= 4 is 23.1 Å². The van der Waals surface area contributed by atoms with Crippen LogP contribution in [0.5, 0.6) is 0 Å². The number of nitrogens with zero attached hydrogens (tertiary/aromatic N) is 4. The maximum Gasteiger partial charge on any atom is 0.274 e. The number of carbonyl (C=O) groups excluding carboxylic acids is 1. The molecule has 1 aromatic carbocycles. The number of nitro groups is 1. The first-order chi connectivity index (χ1) is 13.8. The molecule has 0 spiro atoms. The van der Waals surface area contributed by atoms with Gasteiger partial charge in [-0.1, -0.05) is 6.07 Å². The second-order valence-corrected chi connectivity index (χ2v) is 7.51. The zero-order valence-corrected chi connectivity index (χ0v) is 16.9. The van der Waals surface area contributed by atoms with Crippen LogP contribution in [0.2, 0.25) is 0 Å². The molecule has 2 heterocycles. The molecule has 2 unspecified atom stereocenters. The van der Waals surface area contributed by atoms with Gasteiger partial charge in [0.05, 0.1) is 4.92 Å². The van der Waals surface area contributed by atoms with E-state index in [1.807, 2.05) is 19.1 Å². The van der Waals surface area contributed by atoms with Crippen molar-refractivity contribution in [3.63, 3.8) is 0 Å². The predicted molar refractivity (Wildman–Crippen MR) is 111 cm³/mol. The Morgan fingerprint density at radius 1 is 1.38 bits per heavy atom. The highest BCUT2D eigenvalue weighted by molar-refractivity contribution is 5.73. The maximum absolute atomic E-state index is 11.2. The van der Waals surface area contributed by atoms with Crippen molar-refractivity contribution in [1.29, 1.82) is 0 Å². The highest BCUT2D eigenvalue weighted by atomic mass is 16.6. The van der Waals surface area contributed by atoms with Gasteiger partial charge in [0, 0.05) is 67.6 Å². The number of hydrogen-bond donors (Lipinski definition) is 2. The quantitative estimate of drug-likeness (QED) is 0.544. The van der Waals surface area contributed by atoms with Gasteiger partial charge < -0.3 is 15.5 Å². The van der Waals surface area contributed by atoms with Gasteiger partial charge in [0.15, 0.2) is 0 Å². The minimum absolute atomic E-state index is 0.0172. The fourth-order valence-corrected chi connectivity index (χ4v) is 3.59. The van der Waals surface area contributed by atoms with Crippen molar-refractivity contribution in [2.24, 2.45) is 0 Å². The van der Waals surface area contributed by atoms with Crippen LogP contribution in [-0.4, -0.2) is 46.0 Å². The van der Waals surface area contributed by atoms with E-state index in [1.54, 1.807) is 25.4 Å². The van der Waals surface area contributed by atoms with E-state index in [2.05, 4.69) is 25.5 Å². The van der Waals surface area contributed by atoms with Crippen LogP contribution in [0.15, 0.2) is 30.6 Å². The smallest absolute Gasteiger partial charge is 0.274 e. The van der Waals surface area contributed by atoms with E-state index in [4.69, 9.17) is 0 Å². The minimum Gasteiger partial charge on any atom is -0.382 e. The molecule has 2 N–H and O–H groups in total. The fourth-order valence-electron chi connectivity index (χ4n) is 3.59. The van der Waals surface area contributed by atoms with Gasteiger partial charge in [-0.25, -0.2) is 9.97 Å². The molecule has 9 heteroatoms. The first kappa shape index (κ1) is 20.5. The molecule has 3 rings (SSSR count). The van der Waals surface area contributed by atoms with E-state index in [9.17, 15) is 14.9 Å². The molecule has 154 valence electrons. The average Bonchev–Trinajstić information content (AvgIpc) is 3.11. The number of hydrogen-bond acceptors (Lipinski definition) is 7. The molecule has 0 saturated carbocycles. The molecule has 9 nitrogen and oxygen atoms in total. The van der Waals surface area contributed by atoms with E-state index in [-0.39, 0.29) is 28.6 Å². The summed E-state index contributed by atoms with van der Waals surface area (Å²) in [6.07, 6.45) is 3.10. The van der Waals surface area contributed by atoms with E-state index < -0.39 is 0 Å². The number of rotatable bonds is 7. The van der Waals surface area contributed by atoms with Crippen LogP contribution < -0.4 is 15.5 Å². The summed E-state index contributed by atoms with van der Waals surface area (Å²) in [4.78, 5) is 32.9. The summed E-state index contributed by atoms with van der Waals surface area (Å²) in [7, 11) is 0. The Labute approximate surface area is 169 Å². The molecule has 0 radical (unpaired) electrons. The van der Waals surface area contributed by atoms with Crippen molar-refractivity contribution in [2.75, 3.05) is 23.3 Å². The van der Waals surface area contributed by atoms with E-state index in [1.165, 1.54) is 6.92 Å². The number of aromatic nitrogens is 2. The highest BCUT2D eigenvalue weighted by Gasteiger charge is 2.24. The van der Waals surface area contributed by atoms with Gasteiger partial charge in [0.2, 0.25) is 5.91 Å². The third kappa shape index (κ3) is 5.40. The van der Waals surface area contributed by atoms with Gasteiger partial charge in [-0.3, -0.25) is 14.9 Å².